The molecule has 1 saturated carbocycles. The van der Waals surface area contributed by atoms with Gasteiger partial charge in [0.05, 0.1) is 0 Å². The number of carbonyl (C=O) groups is 1. The van der Waals surface area contributed by atoms with Crippen molar-refractivity contribution in [2.45, 2.75) is 32.6 Å². The summed E-state index contributed by atoms with van der Waals surface area (Å²) in [7, 11) is 0. The molecule has 3 nitrogen and oxygen atoms in total. The SMILES string of the molecule is Cc1cc(O)ccc1NC=C1CCCCC1=O. The van der Waals surface area contributed by atoms with E-state index in [0.717, 1.165) is 36.1 Å². The predicted molar refractivity (Wildman–Crippen MR) is 68.0 cm³/mol. The third-order valence-corrected chi connectivity index (χ3v) is 3.07. The van der Waals surface area contributed by atoms with Crippen molar-refractivity contribution in [2.24, 2.45) is 0 Å². The maximum absolute atomic E-state index is 11.6. The van der Waals surface area contributed by atoms with Gasteiger partial charge in [0, 0.05) is 23.9 Å². The van der Waals surface area contributed by atoms with E-state index in [1.54, 1.807) is 18.3 Å². The van der Waals surface area contributed by atoms with Crippen molar-refractivity contribution < 1.29 is 9.90 Å². The summed E-state index contributed by atoms with van der Waals surface area (Å²) in [5.41, 5.74) is 2.77. The molecule has 0 amide bonds. The maximum Gasteiger partial charge on any atom is 0.160 e. The van der Waals surface area contributed by atoms with Crippen molar-refractivity contribution in [1.82, 2.24) is 0 Å². The number of aromatic hydroxyl groups is 1. The van der Waals surface area contributed by atoms with Gasteiger partial charge in [-0.3, -0.25) is 4.79 Å². The van der Waals surface area contributed by atoms with Gasteiger partial charge in [0.25, 0.3) is 0 Å². The first kappa shape index (κ1) is 11.7. The molecule has 0 radical (unpaired) electrons. The topological polar surface area (TPSA) is 49.3 Å². The predicted octanol–water partition coefficient (Wildman–Crippen LogP) is 3.14. The number of nitrogens with one attached hydrogen (secondary N) is 1. The van der Waals surface area contributed by atoms with Gasteiger partial charge in [-0.15, -0.1) is 0 Å². The van der Waals surface area contributed by atoms with Crippen LogP contribution in [0.1, 0.15) is 31.2 Å². The average Bonchev–Trinajstić information content (AvgIpc) is 2.30. The molecule has 3 heteroatoms. The van der Waals surface area contributed by atoms with Gasteiger partial charge in [0.2, 0.25) is 0 Å². The lowest BCUT2D eigenvalue weighted by molar-refractivity contribution is -0.116. The Morgan fingerprint density at radius 2 is 2.06 bits per heavy atom. The Morgan fingerprint density at radius 3 is 2.76 bits per heavy atom. The number of hydrogen-bond acceptors (Lipinski definition) is 3. The Labute approximate surface area is 101 Å². The summed E-state index contributed by atoms with van der Waals surface area (Å²) in [6, 6.07) is 5.15. The van der Waals surface area contributed by atoms with Gasteiger partial charge < -0.3 is 10.4 Å². The number of hydrogen-bond donors (Lipinski definition) is 2. The maximum atomic E-state index is 11.6. The van der Waals surface area contributed by atoms with Gasteiger partial charge in [-0.2, -0.15) is 0 Å². The van der Waals surface area contributed by atoms with Gasteiger partial charge in [-0.25, -0.2) is 0 Å². The molecule has 1 aromatic rings. The van der Waals surface area contributed by atoms with Crippen LogP contribution in [-0.2, 0) is 4.79 Å². The summed E-state index contributed by atoms with van der Waals surface area (Å²) >= 11 is 0. The lowest BCUT2D eigenvalue weighted by Gasteiger charge is -2.13. The first-order valence-electron chi connectivity index (χ1n) is 5.95. The molecule has 1 fully saturated rings. The zero-order valence-corrected chi connectivity index (χ0v) is 9.99. The lowest BCUT2D eigenvalue weighted by Crippen LogP contribution is -2.10. The summed E-state index contributed by atoms with van der Waals surface area (Å²) in [5.74, 6) is 0.509. The van der Waals surface area contributed by atoms with Gasteiger partial charge >= 0.3 is 0 Å². The summed E-state index contributed by atoms with van der Waals surface area (Å²) in [6.45, 7) is 1.92. The molecule has 0 saturated heterocycles. The standard InChI is InChI=1S/C14H17NO2/c1-10-8-12(16)6-7-13(10)15-9-11-4-2-3-5-14(11)17/h6-9,15-16H,2-5H2,1H3. The smallest absolute Gasteiger partial charge is 0.160 e. The van der Waals surface area contributed by atoms with E-state index >= 15 is 0 Å². The molecule has 17 heavy (non-hydrogen) atoms. The third-order valence-electron chi connectivity index (χ3n) is 3.07. The number of rotatable bonds is 2. The highest BCUT2D eigenvalue weighted by Crippen LogP contribution is 2.23. The number of anilines is 1. The zero-order valence-electron chi connectivity index (χ0n) is 9.99. The molecule has 1 aliphatic rings. The van der Waals surface area contributed by atoms with Crippen molar-refractivity contribution >= 4 is 11.5 Å². The molecule has 0 aromatic heterocycles. The Bertz CT molecular complexity index is 463. The highest BCUT2D eigenvalue weighted by molar-refractivity contribution is 5.96. The summed E-state index contributed by atoms with van der Waals surface area (Å²) < 4.78 is 0. The van der Waals surface area contributed by atoms with E-state index in [1.165, 1.54) is 0 Å². The minimum atomic E-state index is 0.250. The van der Waals surface area contributed by atoms with Crippen LogP contribution in [0.25, 0.3) is 0 Å². The molecule has 0 atom stereocenters. The van der Waals surface area contributed by atoms with Crippen LogP contribution in [0, 0.1) is 6.92 Å². The average molecular weight is 231 g/mol. The van der Waals surface area contributed by atoms with Gasteiger partial charge in [-0.1, -0.05) is 0 Å². The molecular weight excluding hydrogens is 214 g/mol. The first-order valence-corrected chi connectivity index (χ1v) is 5.95. The van der Waals surface area contributed by atoms with E-state index < -0.39 is 0 Å². The van der Waals surface area contributed by atoms with Crippen LogP contribution in [0.15, 0.2) is 30.0 Å². The number of phenolic OH excluding ortho intramolecular Hbond substituents is 1. The molecular formula is C14H17NO2. The van der Waals surface area contributed by atoms with Gasteiger partial charge in [0.15, 0.2) is 5.78 Å². The quantitative estimate of drug-likeness (QED) is 0.607. The van der Waals surface area contributed by atoms with E-state index in [1.807, 2.05) is 13.0 Å². The lowest BCUT2D eigenvalue weighted by atomic mass is 9.94. The second-order valence-electron chi connectivity index (χ2n) is 4.44. The number of phenols is 1. The molecule has 0 spiro atoms. The summed E-state index contributed by atoms with van der Waals surface area (Å²) in [5, 5.41) is 12.4. The molecule has 0 unspecified atom stereocenters. The van der Waals surface area contributed by atoms with Crippen LogP contribution in [-0.4, -0.2) is 10.9 Å². The minimum Gasteiger partial charge on any atom is -0.508 e. The minimum absolute atomic E-state index is 0.250. The van der Waals surface area contributed by atoms with Crippen LogP contribution in [0.3, 0.4) is 0 Å². The zero-order chi connectivity index (χ0) is 12.3. The van der Waals surface area contributed by atoms with Crippen molar-refractivity contribution in [3.63, 3.8) is 0 Å². The fourth-order valence-corrected chi connectivity index (χ4v) is 2.03. The largest absolute Gasteiger partial charge is 0.508 e. The van der Waals surface area contributed by atoms with Crippen molar-refractivity contribution in [3.8, 4) is 5.75 Å². The van der Waals surface area contributed by atoms with Crippen molar-refractivity contribution in [1.29, 1.82) is 0 Å². The Balaban J connectivity index is 2.10. The van der Waals surface area contributed by atoms with Crippen LogP contribution in [0.5, 0.6) is 5.75 Å². The molecule has 90 valence electrons. The van der Waals surface area contributed by atoms with E-state index in [9.17, 15) is 9.90 Å². The normalized spacial score (nSPS) is 18.4. The second-order valence-corrected chi connectivity index (χ2v) is 4.44. The number of ketones is 1. The highest BCUT2D eigenvalue weighted by Gasteiger charge is 2.14. The fraction of sp³-hybridized carbons (Fsp3) is 0.357. The van der Waals surface area contributed by atoms with Crippen LogP contribution < -0.4 is 5.32 Å². The monoisotopic (exact) mass is 231 g/mol. The van der Waals surface area contributed by atoms with Crippen molar-refractivity contribution in [2.75, 3.05) is 5.32 Å². The molecule has 1 aromatic carbocycles. The van der Waals surface area contributed by atoms with Crippen LogP contribution >= 0.6 is 0 Å². The van der Waals surface area contributed by atoms with Crippen LogP contribution in [0.4, 0.5) is 5.69 Å². The second kappa shape index (κ2) is 5.04. The fourth-order valence-electron chi connectivity index (χ4n) is 2.03. The van der Waals surface area contributed by atoms with Crippen LogP contribution in [0.2, 0.25) is 0 Å². The molecule has 1 aliphatic carbocycles. The number of aryl methyl sites for hydroxylation is 1. The molecule has 0 aliphatic heterocycles. The van der Waals surface area contributed by atoms with Gasteiger partial charge in [-0.05, 0) is 49.9 Å². The van der Waals surface area contributed by atoms with E-state index in [-0.39, 0.29) is 11.5 Å². The number of carbonyl (C=O) groups excluding carboxylic acids is 1. The third kappa shape index (κ3) is 2.87. The molecule has 0 bridgehead atoms. The Hall–Kier alpha value is -1.77. The molecule has 2 N–H and O–H groups in total. The van der Waals surface area contributed by atoms with E-state index in [0.29, 0.717) is 6.42 Å². The first-order chi connectivity index (χ1) is 8.16. The number of benzene rings is 1. The van der Waals surface area contributed by atoms with E-state index in [4.69, 9.17) is 0 Å². The highest BCUT2D eigenvalue weighted by atomic mass is 16.3. The number of allylic oxidation sites excluding steroid dienone is 1. The number of Topliss-reactive ketones (excluding diaryl/α,β-unsaturated/α-hetero) is 1. The van der Waals surface area contributed by atoms with Crippen molar-refractivity contribution in [3.05, 3.63) is 35.5 Å². The molecule has 2 rings (SSSR count). The summed E-state index contributed by atoms with van der Waals surface area (Å²) in [6.07, 6.45) is 5.44. The Kier molecular flexibility index (Phi) is 3.47. The Morgan fingerprint density at radius 1 is 1.29 bits per heavy atom. The van der Waals surface area contributed by atoms with E-state index in [2.05, 4.69) is 5.32 Å². The summed E-state index contributed by atoms with van der Waals surface area (Å²) in [4.78, 5) is 11.6. The van der Waals surface area contributed by atoms with Gasteiger partial charge in [0.1, 0.15) is 5.75 Å². The molecule has 0 heterocycles.